The van der Waals surface area contributed by atoms with Crippen molar-refractivity contribution in [1.29, 1.82) is 0 Å². The first-order valence-electron chi connectivity index (χ1n) is 9.91. The standard InChI is InChI=1S/C22H27N3O3S/c1-4-24(5-2)13-14-25(21(26)16-28-17-9-7-6-8-10-17)22-23-19-12-11-18(27-3)15-20(19)29-22/h6-12,15H,4-5,13-14,16H2,1-3H3/p+1. The Labute approximate surface area is 175 Å². The van der Waals surface area contributed by atoms with Crippen molar-refractivity contribution in [2.24, 2.45) is 0 Å². The van der Waals surface area contributed by atoms with E-state index in [1.807, 2.05) is 48.5 Å². The lowest BCUT2D eigenvalue weighted by molar-refractivity contribution is -0.894. The molecule has 0 aliphatic rings. The Kier molecular flexibility index (Phi) is 7.43. The summed E-state index contributed by atoms with van der Waals surface area (Å²) in [5, 5.41) is 0.696. The van der Waals surface area contributed by atoms with Crippen LogP contribution in [-0.4, -0.2) is 50.8 Å². The Bertz CT molecular complexity index is 925. The number of likely N-dealkylation sites (N-methyl/N-ethyl adjacent to an activating group) is 1. The van der Waals surface area contributed by atoms with Crippen molar-refractivity contribution in [1.82, 2.24) is 4.98 Å². The smallest absolute Gasteiger partial charge is 0.266 e. The number of nitrogens with one attached hydrogen (secondary N) is 1. The molecule has 0 spiro atoms. The zero-order chi connectivity index (χ0) is 20.6. The maximum atomic E-state index is 13.0. The molecule has 0 unspecified atom stereocenters. The predicted molar refractivity (Wildman–Crippen MR) is 117 cm³/mol. The molecule has 0 fully saturated rings. The lowest BCUT2D eigenvalue weighted by atomic mass is 10.3. The van der Waals surface area contributed by atoms with Crippen LogP contribution in [0.1, 0.15) is 13.8 Å². The minimum Gasteiger partial charge on any atom is -0.497 e. The van der Waals surface area contributed by atoms with E-state index in [0.29, 0.717) is 17.4 Å². The number of methoxy groups -OCH3 is 1. The van der Waals surface area contributed by atoms with Gasteiger partial charge in [0.25, 0.3) is 5.91 Å². The first kappa shape index (κ1) is 21.1. The van der Waals surface area contributed by atoms with Crippen LogP contribution in [0.2, 0.25) is 0 Å². The number of aromatic nitrogens is 1. The molecule has 0 aliphatic carbocycles. The Morgan fingerprint density at radius 1 is 1.10 bits per heavy atom. The molecule has 0 atom stereocenters. The molecule has 0 bridgehead atoms. The fraction of sp³-hybridized carbons (Fsp3) is 0.364. The van der Waals surface area contributed by atoms with Crippen LogP contribution in [0.4, 0.5) is 5.13 Å². The number of ether oxygens (including phenoxy) is 2. The summed E-state index contributed by atoms with van der Waals surface area (Å²) >= 11 is 1.50. The summed E-state index contributed by atoms with van der Waals surface area (Å²) in [5.74, 6) is 1.38. The first-order valence-corrected chi connectivity index (χ1v) is 10.7. The van der Waals surface area contributed by atoms with Crippen LogP contribution in [0, 0.1) is 0 Å². The summed E-state index contributed by atoms with van der Waals surface area (Å²) in [6.45, 7) is 7.82. The molecule has 0 radical (unpaired) electrons. The van der Waals surface area contributed by atoms with E-state index in [1.165, 1.54) is 16.2 Å². The number of carbonyl (C=O) groups is 1. The number of anilines is 1. The van der Waals surface area contributed by atoms with Gasteiger partial charge in [-0.3, -0.25) is 9.69 Å². The molecule has 1 heterocycles. The van der Waals surface area contributed by atoms with Gasteiger partial charge in [0.2, 0.25) is 0 Å². The maximum Gasteiger partial charge on any atom is 0.266 e. The van der Waals surface area contributed by atoms with Crippen molar-refractivity contribution in [2.45, 2.75) is 13.8 Å². The highest BCUT2D eigenvalue weighted by Crippen LogP contribution is 2.31. The molecular weight excluding hydrogens is 386 g/mol. The quantitative estimate of drug-likeness (QED) is 0.554. The van der Waals surface area contributed by atoms with Crippen LogP contribution in [0.15, 0.2) is 48.5 Å². The number of fused-ring (bicyclic) bond motifs is 1. The average molecular weight is 415 g/mol. The highest BCUT2D eigenvalue weighted by atomic mass is 32.1. The van der Waals surface area contributed by atoms with Crippen LogP contribution in [0.25, 0.3) is 10.2 Å². The number of thiazole rings is 1. The molecule has 29 heavy (non-hydrogen) atoms. The number of hydrogen-bond donors (Lipinski definition) is 1. The summed E-state index contributed by atoms with van der Waals surface area (Å²) in [7, 11) is 1.65. The second-order valence-electron chi connectivity index (χ2n) is 6.68. The normalized spacial score (nSPS) is 11.0. The number of nitrogens with zero attached hydrogens (tertiary/aromatic N) is 2. The molecule has 3 aromatic rings. The van der Waals surface area contributed by atoms with E-state index in [4.69, 9.17) is 14.5 Å². The largest absolute Gasteiger partial charge is 0.497 e. The lowest BCUT2D eigenvalue weighted by Gasteiger charge is -2.23. The maximum absolute atomic E-state index is 13.0. The number of carbonyl (C=O) groups excluding carboxylic acids is 1. The molecule has 0 saturated carbocycles. The molecule has 154 valence electrons. The van der Waals surface area contributed by atoms with Crippen molar-refractivity contribution in [3.63, 3.8) is 0 Å². The number of quaternary nitrogens is 1. The highest BCUT2D eigenvalue weighted by Gasteiger charge is 2.22. The van der Waals surface area contributed by atoms with E-state index >= 15 is 0 Å². The van der Waals surface area contributed by atoms with Crippen LogP contribution < -0.4 is 19.3 Å². The summed E-state index contributed by atoms with van der Waals surface area (Å²) in [6, 6.07) is 15.2. The summed E-state index contributed by atoms with van der Waals surface area (Å²) in [6.07, 6.45) is 0. The van der Waals surface area contributed by atoms with Crippen molar-refractivity contribution < 1.29 is 19.2 Å². The Morgan fingerprint density at radius 2 is 1.86 bits per heavy atom. The van der Waals surface area contributed by atoms with E-state index in [9.17, 15) is 4.79 Å². The van der Waals surface area contributed by atoms with Crippen LogP contribution in [-0.2, 0) is 4.79 Å². The third-order valence-electron chi connectivity index (χ3n) is 4.91. The van der Waals surface area contributed by atoms with Gasteiger partial charge in [0.05, 0.1) is 43.5 Å². The molecular formula is C22H28N3O3S+. The van der Waals surface area contributed by atoms with Gasteiger partial charge in [-0.2, -0.15) is 0 Å². The zero-order valence-corrected chi connectivity index (χ0v) is 18.0. The third-order valence-corrected chi connectivity index (χ3v) is 5.95. The van der Waals surface area contributed by atoms with E-state index in [-0.39, 0.29) is 12.5 Å². The van der Waals surface area contributed by atoms with Gasteiger partial charge in [0.15, 0.2) is 11.7 Å². The van der Waals surface area contributed by atoms with Gasteiger partial charge in [-0.15, -0.1) is 0 Å². The fourth-order valence-electron chi connectivity index (χ4n) is 3.08. The van der Waals surface area contributed by atoms with Gasteiger partial charge in [0.1, 0.15) is 11.5 Å². The van der Waals surface area contributed by atoms with Crippen molar-refractivity contribution in [2.75, 3.05) is 44.8 Å². The van der Waals surface area contributed by atoms with Gasteiger partial charge in [0, 0.05) is 0 Å². The zero-order valence-electron chi connectivity index (χ0n) is 17.2. The van der Waals surface area contributed by atoms with Gasteiger partial charge >= 0.3 is 0 Å². The minimum atomic E-state index is -0.0913. The van der Waals surface area contributed by atoms with Gasteiger partial charge in [-0.25, -0.2) is 4.98 Å². The van der Waals surface area contributed by atoms with Crippen LogP contribution >= 0.6 is 11.3 Å². The SMILES string of the molecule is CC[NH+](CC)CCN(C(=O)COc1ccccc1)c1nc2ccc(OC)cc2s1. The van der Waals surface area contributed by atoms with Crippen LogP contribution in [0.5, 0.6) is 11.5 Å². The van der Waals surface area contributed by atoms with E-state index < -0.39 is 0 Å². The Hall–Kier alpha value is -2.64. The molecule has 6 nitrogen and oxygen atoms in total. The van der Waals surface area contributed by atoms with Crippen LogP contribution in [0.3, 0.4) is 0 Å². The number of hydrogen-bond acceptors (Lipinski definition) is 5. The molecule has 0 saturated heterocycles. The van der Waals surface area contributed by atoms with Crippen molar-refractivity contribution in [3.8, 4) is 11.5 Å². The summed E-state index contributed by atoms with van der Waals surface area (Å²) in [5.41, 5.74) is 0.864. The monoisotopic (exact) mass is 414 g/mol. The molecule has 7 heteroatoms. The summed E-state index contributed by atoms with van der Waals surface area (Å²) < 4.78 is 12.0. The van der Waals surface area contributed by atoms with E-state index in [1.54, 1.807) is 12.0 Å². The van der Waals surface area contributed by atoms with Crippen molar-refractivity contribution >= 4 is 32.6 Å². The molecule has 1 aromatic heterocycles. The molecule has 0 aliphatic heterocycles. The predicted octanol–water partition coefficient (Wildman–Crippen LogP) is 2.64. The van der Waals surface area contributed by atoms with Gasteiger partial charge < -0.3 is 14.4 Å². The average Bonchev–Trinajstić information content (AvgIpc) is 3.18. The Morgan fingerprint density at radius 3 is 2.55 bits per heavy atom. The topological polar surface area (TPSA) is 56.1 Å². The minimum absolute atomic E-state index is 0.0170. The molecule has 3 rings (SSSR count). The van der Waals surface area contributed by atoms with Gasteiger partial charge in [-0.05, 0) is 44.2 Å². The molecule has 1 amide bonds. The van der Waals surface area contributed by atoms with E-state index in [0.717, 1.165) is 35.6 Å². The molecule has 1 N–H and O–H groups in total. The molecule has 2 aromatic carbocycles. The second-order valence-corrected chi connectivity index (χ2v) is 7.69. The number of para-hydroxylation sites is 1. The number of rotatable bonds is 10. The van der Waals surface area contributed by atoms with Gasteiger partial charge in [-0.1, -0.05) is 29.5 Å². The number of amides is 1. The third kappa shape index (κ3) is 5.46. The summed E-state index contributed by atoms with van der Waals surface area (Å²) in [4.78, 5) is 20.9. The first-order chi connectivity index (χ1) is 14.1. The van der Waals surface area contributed by atoms with E-state index in [2.05, 4.69) is 13.8 Å². The van der Waals surface area contributed by atoms with Crippen molar-refractivity contribution in [3.05, 3.63) is 48.5 Å². The number of benzene rings is 2. The lowest BCUT2D eigenvalue weighted by Crippen LogP contribution is -3.12. The highest BCUT2D eigenvalue weighted by molar-refractivity contribution is 7.22. The Balaban J connectivity index is 1.80. The fourth-order valence-corrected chi connectivity index (χ4v) is 4.11. The second kappa shape index (κ2) is 10.2.